The van der Waals surface area contributed by atoms with Crippen LogP contribution in [0.1, 0.15) is 51.4 Å². The lowest BCUT2D eigenvalue weighted by Gasteiger charge is -2.35. The van der Waals surface area contributed by atoms with Gasteiger partial charge in [-0.3, -0.25) is 9.59 Å². The lowest BCUT2D eigenvalue weighted by Crippen LogP contribution is -2.48. The number of fused-ring (bicyclic) bond motifs is 1. The van der Waals surface area contributed by atoms with Crippen LogP contribution in [0.15, 0.2) is 0 Å². The Balaban J connectivity index is 1.56. The summed E-state index contributed by atoms with van der Waals surface area (Å²) in [4.78, 5) is 23.6. The van der Waals surface area contributed by atoms with E-state index in [4.69, 9.17) is 9.84 Å². The van der Waals surface area contributed by atoms with Gasteiger partial charge in [-0.15, -0.1) is 0 Å². The maximum absolute atomic E-state index is 12.5. The zero-order chi connectivity index (χ0) is 14.8. The van der Waals surface area contributed by atoms with Crippen LogP contribution in [0.3, 0.4) is 0 Å². The second kappa shape index (κ2) is 6.34. The Bertz CT molecular complexity index is 411. The number of carbonyl (C=O) groups excluding carboxylic acids is 1. The van der Waals surface area contributed by atoms with Crippen LogP contribution in [-0.2, 0) is 14.3 Å². The summed E-state index contributed by atoms with van der Waals surface area (Å²) in [5.41, 5.74) is 0. The molecule has 1 heterocycles. The minimum Gasteiger partial charge on any atom is -0.481 e. The predicted molar refractivity (Wildman–Crippen MR) is 76.7 cm³/mol. The number of ether oxygens (including phenoxy) is 1. The molecule has 118 valence electrons. The topological polar surface area (TPSA) is 75.6 Å². The highest BCUT2D eigenvalue weighted by Crippen LogP contribution is 2.35. The summed E-state index contributed by atoms with van der Waals surface area (Å²) >= 11 is 0. The zero-order valence-electron chi connectivity index (χ0n) is 12.4. The molecule has 5 unspecified atom stereocenters. The Labute approximate surface area is 125 Å². The van der Waals surface area contributed by atoms with Crippen molar-refractivity contribution >= 4 is 11.9 Å². The van der Waals surface area contributed by atoms with Gasteiger partial charge in [-0.1, -0.05) is 6.42 Å². The maximum Gasteiger partial charge on any atom is 0.306 e. The van der Waals surface area contributed by atoms with Crippen molar-refractivity contribution in [2.45, 2.75) is 63.5 Å². The van der Waals surface area contributed by atoms with Crippen molar-refractivity contribution in [3.63, 3.8) is 0 Å². The van der Waals surface area contributed by atoms with E-state index in [1.807, 2.05) is 0 Å². The summed E-state index contributed by atoms with van der Waals surface area (Å²) in [7, 11) is 0. The molecule has 0 bridgehead atoms. The van der Waals surface area contributed by atoms with E-state index in [9.17, 15) is 9.59 Å². The second-order valence-corrected chi connectivity index (χ2v) is 6.81. The minimum absolute atomic E-state index is 0.0681. The molecule has 3 rings (SSSR count). The van der Waals surface area contributed by atoms with Gasteiger partial charge in [-0.25, -0.2) is 0 Å². The number of amides is 1. The number of carbonyl (C=O) groups is 2. The molecule has 0 aromatic heterocycles. The van der Waals surface area contributed by atoms with Gasteiger partial charge in [0, 0.05) is 24.5 Å². The van der Waals surface area contributed by atoms with Crippen LogP contribution < -0.4 is 5.32 Å². The molecule has 21 heavy (non-hydrogen) atoms. The van der Waals surface area contributed by atoms with Gasteiger partial charge in [0.15, 0.2) is 0 Å². The van der Waals surface area contributed by atoms with Crippen molar-refractivity contribution in [3.8, 4) is 0 Å². The van der Waals surface area contributed by atoms with E-state index < -0.39 is 5.97 Å². The molecule has 0 radical (unpaired) electrons. The molecule has 1 aliphatic heterocycles. The highest BCUT2D eigenvalue weighted by Gasteiger charge is 2.39. The Hall–Kier alpha value is -1.10. The van der Waals surface area contributed by atoms with Crippen LogP contribution in [0.5, 0.6) is 0 Å². The van der Waals surface area contributed by atoms with Gasteiger partial charge < -0.3 is 15.2 Å². The number of carboxylic acid groups (broad SMARTS) is 1. The number of hydrogen-bond donors (Lipinski definition) is 2. The van der Waals surface area contributed by atoms with Crippen molar-refractivity contribution < 1.29 is 19.4 Å². The first-order valence-electron chi connectivity index (χ1n) is 8.30. The third kappa shape index (κ3) is 3.23. The molecule has 2 saturated carbocycles. The van der Waals surface area contributed by atoms with Crippen LogP contribution >= 0.6 is 0 Å². The quantitative estimate of drug-likeness (QED) is 0.834. The average Bonchev–Trinajstić information content (AvgIpc) is 2.97. The zero-order valence-corrected chi connectivity index (χ0v) is 12.4. The first-order valence-corrected chi connectivity index (χ1v) is 8.30. The first kappa shape index (κ1) is 14.8. The third-order valence-corrected chi connectivity index (χ3v) is 5.50. The van der Waals surface area contributed by atoms with Crippen molar-refractivity contribution in [2.24, 2.45) is 17.8 Å². The molecular weight excluding hydrogens is 270 g/mol. The Morgan fingerprint density at radius 3 is 2.57 bits per heavy atom. The largest absolute Gasteiger partial charge is 0.481 e. The fourth-order valence-electron chi connectivity index (χ4n) is 4.31. The van der Waals surface area contributed by atoms with E-state index in [1.165, 1.54) is 0 Å². The predicted octanol–water partition coefficient (Wildman–Crippen LogP) is 1.95. The van der Waals surface area contributed by atoms with Crippen molar-refractivity contribution in [1.82, 2.24) is 5.32 Å². The lowest BCUT2D eigenvalue weighted by atomic mass is 9.79. The molecule has 5 nitrogen and oxygen atoms in total. The summed E-state index contributed by atoms with van der Waals surface area (Å²) in [5.74, 6) is -0.694. The molecule has 1 saturated heterocycles. The van der Waals surface area contributed by atoms with Gasteiger partial charge in [0.2, 0.25) is 5.91 Å². The van der Waals surface area contributed by atoms with E-state index in [0.29, 0.717) is 24.9 Å². The summed E-state index contributed by atoms with van der Waals surface area (Å²) in [6, 6.07) is 0.226. The van der Waals surface area contributed by atoms with E-state index in [2.05, 4.69) is 5.32 Å². The smallest absolute Gasteiger partial charge is 0.306 e. The second-order valence-electron chi connectivity index (χ2n) is 6.81. The molecule has 5 heteroatoms. The normalized spacial score (nSPS) is 39.5. The molecule has 2 N–H and O–H groups in total. The molecule has 3 fully saturated rings. The molecule has 0 aromatic rings. The highest BCUT2D eigenvalue weighted by atomic mass is 16.5. The summed E-state index contributed by atoms with van der Waals surface area (Å²) in [6.45, 7) is 0.812. The van der Waals surface area contributed by atoms with Crippen LogP contribution in [0.4, 0.5) is 0 Å². The van der Waals surface area contributed by atoms with Gasteiger partial charge in [-0.2, -0.15) is 0 Å². The minimum atomic E-state index is -0.755. The van der Waals surface area contributed by atoms with E-state index in [-0.39, 0.29) is 23.8 Å². The molecular formula is C16H25NO4. The van der Waals surface area contributed by atoms with E-state index in [1.54, 1.807) is 0 Å². The SMILES string of the molecule is O=C(O)C1CCCC(C(=O)NC2CCCC3OCCC23)C1. The lowest BCUT2D eigenvalue weighted by molar-refractivity contribution is -0.144. The van der Waals surface area contributed by atoms with Gasteiger partial charge >= 0.3 is 5.97 Å². The Morgan fingerprint density at radius 2 is 1.76 bits per heavy atom. The third-order valence-electron chi connectivity index (χ3n) is 5.50. The Kier molecular flexibility index (Phi) is 4.48. The van der Waals surface area contributed by atoms with Crippen LogP contribution in [-0.4, -0.2) is 35.7 Å². The monoisotopic (exact) mass is 295 g/mol. The first-order chi connectivity index (χ1) is 10.1. The van der Waals surface area contributed by atoms with E-state index >= 15 is 0 Å². The van der Waals surface area contributed by atoms with Gasteiger partial charge in [0.05, 0.1) is 12.0 Å². The molecule has 0 spiro atoms. The van der Waals surface area contributed by atoms with Crippen molar-refractivity contribution in [3.05, 3.63) is 0 Å². The standard InChI is InChI=1S/C16H25NO4/c18-15(10-3-1-4-11(9-10)16(19)20)17-13-5-2-6-14-12(13)7-8-21-14/h10-14H,1-9H2,(H,17,18)(H,19,20). The van der Waals surface area contributed by atoms with Gasteiger partial charge in [0.1, 0.15) is 0 Å². The summed E-state index contributed by atoms with van der Waals surface area (Å²) in [5, 5.41) is 12.3. The number of aliphatic carboxylic acids is 1. The average molecular weight is 295 g/mol. The van der Waals surface area contributed by atoms with Gasteiger partial charge in [-0.05, 0) is 44.9 Å². The fraction of sp³-hybridized carbons (Fsp3) is 0.875. The van der Waals surface area contributed by atoms with Crippen LogP contribution in [0, 0.1) is 17.8 Å². The van der Waals surface area contributed by atoms with Gasteiger partial charge in [0.25, 0.3) is 0 Å². The van der Waals surface area contributed by atoms with E-state index in [0.717, 1.165) is 45.1 Å². The number of carboxylic acids is 1. The highest BCUT2D eigenvalue weighted by molar-refractivity contribution is 5.80. The fourth-order valence-corrected chi connectivity index (χ4v) is 4.31. The molecule has 1 amide bonds. The number of hydrogen-bond acceptors (Lipinski definition) is 3. The molecule has 3 aliphatic rings. The molecule has 5 atom stereocenters. The molecule has 0 aromatic carbocycles. The van der Waals surface area contributed by atoms with Crippen molar-refractivity contribution in [2.75, 3.05) is 6.61 Å². The van der Waals surface area contributed by atoms with Crippen molar-refractivity contribution in [1.29, 1.82) is 0 Å². The summed E-state index contributed by atoms with van der Waals surface area (Å²) < 4.78 is 5.73. The molecule has 2 aliphatic carbocycles. The Morgan fingerprint density at radius 1 is 1.00 bits per heavy atom. The number of nitrogens with one attached hydrogen (secondary N) is 1. The summed E-state index contributed by atoms with van der Waals surface area (Å²) in [6.07, 6.45) is 7.49. The maximum atomic E-state index is 12.5. The van der Waals surface area contributed by atoms with Crippen LogP contribution in [0.25, 0.3) is 0 Å². The van der Waals surface area contributed by atoms with Crippen LogP contribution in [0.2, 0.25) is 0 Å². The number of rotatable bonds is 3.